The van der Waals surface area contributed by atoms with Crippen LogP contribution in [0.4, 0.5) is 5.13 Å². The number of carbonyl (C=O) groups is 1. The number of anilines is 1. The van der Waals surface area contributed by atoms with E-state index in [1.54, 1.807) is 12.3 Å². The quantitative estimate of drug-likeness (QED) is 0.853. The number of aryl methyl sites for hydroxylation is 1. The highest BCUT2D eigenvalue weighted by Gasteiger charge is 2.42. The summed E-state index contributed by atoms with van der Waals surface area (Å²) in [6.45, 7) is 1.79. The van der Waals surface area contributed by atoms with E-state index in [4.69, 9.17) is 0 Å². The second kappa shape index (κ2) is 5.46. The summed E-state index contributed by atoms with van der Waals surface area (Å²) in [5.74, 6) is -1.04. The molecule has 0 bridgehead atoms. The highest BCUT2D eigenvalue weighted by Crippen LogP contribution is 2.33. The van der Waals surface area contributed by atoms with Gasteiger partial charge in [0, 0.05) is 5.38 Å². The zero-order valence-electron chi connectivity index (χ0n) is 10.8. The Balaban J connectivity index is 2.17. The molecule has 0 aliphatic heterocycles. The summed E-state index contributed by atoms with van der Waals surface area (Å²) in [6, 6.07) is 0. The van der Waals surface area contributed by atoms with E-state index in [0.717, 1.165) is 5.69 Å². The van der Waals surface area contributed by atoms with Crippen LogP contribution in [0.3, 0.4) is 0 Å². The predicted octanol–water partition coefficient (Wildman–Crippen LogP) is 1.53. The van der Waals surface area contributed by atoms with Gasteiger partial charge in [0.25, 0.3) is 0 Å². The molecular weight excluding hydrogens is 288 g/mol. The molecule has 1 aliphatic carbocycles. The van der Waals surface area contributed by atoms with Crippen LogP contribution in [0.1, 0.15) is 25.0 Å². The van der Waals surface area contributed by atoms with Crippen LogP contribution in [0.5, 0.6) is 0 Å². The zero-order chi connectivity index (χ0) is 14.0. The van der Waals surface area contributed by atoms with Crippen molar-refractivity contribution in [3.63, 3.8) is 0 Å². The van der Waals surface area contributed by atoms with E-state index in [1.165, 1.54) is 18.4 Å². The second-order valence-corrected chi connectivity index (χ2v) is 7.30. The molecule has 1 fully saturated rings. The molecule has 1 saturated carbocycles. The van der Waals surface area contributed by atoms with Crippen molar-refractivity contribution in [1.29, 1.82) is 0 Å². The maximum absolute atomic E-state index is 12.3. The van der Waals surface area contributed by atoms with Gasteiger partial charge >= 0.3 is 5.97 Å². The fourth-order valence-electron chi connectivity index (χ4n) is 2.32. The fourth-order valence-corrected chi connectivity index (χ4v) is 4.99. The van der Waals surface area contributed by atoms with Crippen molar-refractivity contribution in [2.45, 2.75) is 31.4 Å². The molecule has 2 atom stereocenters. The normalized spacial score (nSPS) is 23.3. The van der Waals surface area contributed by atoms with E-state index < -0.39 is 27.2 Å². The number of rotatable bonds is 4. The zero-order valence-corrected chi connectivity index (χ0v) is 12.4. The molecule has 1 aromatic rings. The van der Waals surface area contributed by atoms with E-state index in [9.17, 15) is 13.2 Å². The number of sulfonamides is 1. The standard InChI is InChI=1S/C11H16N2O4S2/c1-7-6-18-11(12-7)13-19(15,16)9-5-3-4-8(9)10(14)17-2/h6,8-9H,3-5H2,1-2H3,(H,12,13). The minimum Gasteiger partial charge on any atom is -0.469 e. The maximum Gasteiger partial charge on any atom is 0.310 e. The Morgan fingerprint density at radius 1 is 1.53 bits per heavy atom. The van der Waals surface area contributed by atoms with Gasteiger partial charge in [0.2, 0.25) is 10.0 Å². The average Bonchev–Trinajstić information content (AvgIpc) is 2.97. The molecule has 0 spiro atoms. The van der Waals surface area contributed by atoms with Crippen LogP contribution in [0.2, 0.25) is 0 Å². The maximum atomic E-state index is 12.3. The van der Waals surface area contributed by atoms with Gasteiger partial charge in [-0.2, -0.15) is 0 Å². The van der Waals surface area contributed by atoms with Gasteiger partial charge in [-0.25, -0.2) is 13.4 Å². The molecular formula is C11H16N2O4S2. The van der Waals surface area contributed by atoms with E-state index in [2.05, 4.69) is 14.4 Å². The monoisotopic (exact) mass is 304 g/mol. The first-order chi connectivity index (χ1) is 8.94. The Kier molecular flexibility index (Phi) is 4.10. The smallest absolute Gasteiger partial charge is 0.310 e. The molecule has 1 aromatic heterocycles. The summed E-state index contributed by atoms with van der Waals surface area (Å²) in [5.41, 5.74) is 0.763. The second-order valence-electron chi connectivity index (χ2n) is 4.54. The van der Waals surface area contributed by atoms with E-state index in [0.29, 0.717) is 24.4 Å². The molecule has 0 saturated heterocycles. The first-order valence-corrected chi connectivity index (χ1v) is 8.38. The number of methoxy groups -OCH3 is 1. The lowest BCUT2D eigenvalue weighted by molar-refractivity contribution is -0.145. The molecule has 1 heterocycles. The van der Waals surface area contributed by atoms with Crippen LogP contribution < -0.4 is 4.72 Å². The number of ether oxygens (including phenoxy) is 1. The van der Waals surface area contributed by atoms with Crippen LogP contribution in [-0.4, -0.2) is 31.7 Å². The van der Waals surface area contributed by atoms with Gasteiger partial charge < -0.3 is 4.74 Å². The number of aromatic nitrogens is 1. The van der Waals surface area contributed by atoms with Crippen molar-refractivity contribution in [3.8, 4) is 0 Å². The number of carbonyl (C=O) groups excluding carboxylic acids is 1. The highest BCUT2D eigenvalue weighted by molar-refractivity contribution is 7.93. The van der Waals surface area contributed by atoms with Gasteiger partial charge in [0.1, 0.15) is 0 Å². The van der Waals surface area contributed by atoms with Crippen LogP contribution in [0, 0.1) is 12.8 Å². The lowest BCUT2D eigenvalue weighted by atomic mass is 10.1. The van der Waals surface area contributed by atoms with Crippen molar-refractivity contribution >= 4 is 32.5 Å². The Labute approximate surface area is 116 Å². The van der Waals surface area contributed by atoms with E-state index >= 15 is 0 Å². The van der Waals surface area contributed by atoms with E-state index in [-0.39, 0.29) is 0 Å². The minimum absolute atomic E-state index is 0.341. The predicted molar refractivity (Wildman–Crippen MR) is 72.5 cm³/mol. The Hall–Kier alpha value is -1.15. The van der Waals surface area contributed by atoms with Gasteiger partial charge in [-0.15, -0.1) is 11.3 Å². The third-order valence-electron chi connectivity index (χ3n) is 3.20. The van der Waals surface area contributed by atoms with Crippen LogP contribution in [0.25, 0.3) is 0 Å². The van der Waals surface area contributed by atoms with Gasteiger partial charge in [0.05, 0.1) is 24.0 Å². The van der Waals surface area contributed by atoms with Gasteiger partial charge in [-0.05, 0) is 19.8 Å². The molecule has 0 aromatic carbocycles. The summed E-state index contributed by atoms with van der Waals surface area (Å²) >= 11 is 1.23. The first kappa shape index (κ1) is 14.3. The SMILES string of the molecule is COC(=O)C1CCCC1S(=O)(=O)Nc1nc(C)cs1. The summed E-state index contributed by atoms with van der Waals surface area (Å²) in [4.78, 5) is 15.7. The molecule has 1 N–H and O–H groups in total. The van der Waals surface area contributed by atoms with Crippen LogP contribution in [0.15, 0.2) is 5.38 Å². The minimum atomic E-state index is -3.61. The summed E-state index contributed by atoms with van der Waals surface area (Å²) in [7, 11) is -2.33. The Bertz CT molecular complexity index is 567. The number of nitrogens with zero attached hydrogens (tertiary/aromatic N) is 1. The molecule has 106 valence electrons. The fraction of sp³-hybridized carbons (Fsp3) is 0.636. The summed E-state index contributed by atoms with van der Waals surface area (Å²) in [5, 5.41) is 1.38. The molecule has 2 rings (SSSR count). The molecule has 0 radical (unpaired) electrons. The van der Waals surface area contributed by atoms with Crippen molar-refractivity contribution in [2.24, 2.45) is 5.92 Å². The average molecular weight is 304 g/mol. The van der Waals surface area contributed by atoms with Crippen molar-refractivity contribution in [3.05, 3.63) is 11.1 Å². The molecule has 8 heteroatoms. The van der Waals surface area contributed by atoms with Crippen LogP contribution >= 0.6 is 11.3 Å². The number of hydrogen-bond acceptors (Lipinski definition) is 6. The third kappa shape index (κ3) is 3.06. The lowest BCUT2D eigenvalue weighted by Crippen LogP contribution is -2.35. The van der Waals surface area contributed by atoms with Crippen molar-refractivity contribution in [1.82, 2.24) is 4.98 Å². The van der Waals surface area contributed by atoms with Gasteiger partial charge in [-0.3, -0.25) is 9.52 Å². The van der Waals surface area contributed by atoms with Crippen LogP contribution in [-0.2, 0) is 19.6 Å². The molecule has 0 amide bonds. The number of thiazole rings is 1. The van der Waals surface area contributed by atoms with Gasteiger partial charge in [0.15, 0.2) is 5.13 Å². The van der Waals surface area contributed by atoms with Crippen molar-refractivity contribution in [2.75, 3.05) is 11.8 Å². The lowest BCUT2D eigenvalue weighted by Gasteiger charge is -2.17. The highest BCUT2D eigenvalue weighted by atomic mass is 32.2. The molecule has 19 heavy (non-hydrogen) atoms. The number of hydrogen-bond donors (Lipinski definition) is 1. The topological polar surface area (TPSA) is 85.4 Å². The first-order valence-electron chi connectivity index (χ1n) is 5.95. The Morgan fingerprint density at radius 2 is 2.26 bits per heavy atom. The summed E-state index contributed by atoms with van der Waals surface area (Å²) < 4.78 is 31.7. The molecule has 2 unspecified atom stereocenters. The van der Waals surface area contributed by atoms with E-state index in [1.807, 2.05) is 0 Å². The molecule has 1 aliphatic rings. The number of esters is 1. The molecule has 6 nitrogen and oxygen atoms in total. The summed E-state index contributed by atoms with van der Waals surface area (Å²) in [6.07, 6.45) is 1.73. The van der Waals surface area contributed by atoms with Crippen molar-refractivity contribution < 1.29 is 17.9 Å². The Morgan fingerprint density at radius 3 is 2.84 bits per heavy atom. The van der Waals surface area contributed by atoms with Gasteiger partial charge in [-0.1, -0.05) is 6.42 Å². The number of nitrogens with one attached hydrogen (secondary N) is 1. The third-order valence-corrected chi connectivity index (χ3v) is 6.05. The largest absolute Gasteiger partial charge is 0.469 e.